The number of anilines is 1. The molecule has 3 aromatic rings. The Balaban J connectivity index is 1.84. The molecule has 0 saturated carbocycles. The molecular formula is C15H14ClN5O. The van der Waals surface area contributed by atoms with E-state index in [-0.39, 0.29) is 0 Å². The Morgan fingerprint density at radius 2 is 2.05 bits per heavy atom. The monoisotopic (exact) mass is 315 g/mol. The molecule has 22 heavy (non-hydrogen) atoms. The van der Waals surface area contributed by atoms with Gasteiger partial charge >= 0.3 is 0 Å². The van der Waals surface area contributed by atoms with Gasteiger partial charge in [-0.2, -0.15) is 9.61 Å². The van der Waals surface area contributed by atoms with Crippen molar-refractivity contribution in [1.82, 2.24) is 19.6 Å². The zero-order valence-corrected chi connectivity index (χ0v) is 12.6. The fourth-order valence-corrected chi connectivity index (χ4v) is 2.79. The third kappa shape index (κ3) is 2.40. The van der Waals surface area contributed by atoms with Crippen molar-refractivity contribution >= 4 is 23.1 Å². The highest BCUT2D eigenvalue weighted by Crippen LogP contribution is 2.25. The van der Waals surface area contributed by atoms with Gasteiger partial charge in [0.2, 0.25) is 0 Å². The molecule has 0 amide bonds. The lowest BCUT2D eigenvalue weighted by molar-refractivity contribution is 0.122. The van der Waals surface area contributed by atoms with Crippen molar-refractivity contribution in [1.29, 1.82) is 0 Å². The van der Waals surface area contributed by atoms with E-state index in [1.165, 1.54) is 0 Å². The molecule has 1 aliphatic heterocycles. The van der Waals surface area contributed by atoms with Crippen LogP contribution in [0, 0.1) is 0 Å². The van der Waals surface area contributed by atoms with E-state index in [1.807, 2.05) is 28.8 Å². The zero-order valence-electron chi connectivity index (χ0n) is 11.8. The summed E-state index contributed by atoms with van der Waals surface area (Å²) in [5.74, 6) is 0.938. The molecule has 1 fully saturated rings. The molecule has 0 bridgehead atoms. The summed E-state index contributed by atoms with van der Waals surface area (Å²) in [6.07, 6.45) is 3.53. The Labute approximate surface area is 132 Å². The summed E-state index contributed by atoms with van der Waals surface area (Å²) >= 11 is 6.18. The smallest absolute Gasteiger partial charge is 0.159 e. The van der Waals surface area contributed by atoms with Crippen LogP contribution in [0.5, 0.6) is 0 Å². The first-order valence-corrected chi connectivity index (χ1v) is 7.48. The SMILES string of the molecule is Clc1cc(N2CCOCC2)n2nc(-c3cccnc3)cc2n1. The van der Waals surface area contributed by atoms with Crippen molar-refractivity contribution in [2.75, 3.05) is 31.2 Å². The third-order valence-electron chi connectivity index (χ3n) is 3.67. The minimum Gasteiger partial charge on any atom is -0.378 e. The Morgan fingerprint density at radius 1 is 1.18 bits per heavy atom. The van der Waals surface area contributed by atoms with Crippen LogP contribution >= 0.6 is 11.6 Å². The predicted octanol–water partition coefficient (Wildman–Crippen LogP) is 2.28. The molecule has 0 radical (unpaired) electrons. The summed E-state index contributed by atoms with van der Waals surface area (Å²) < 4.78 is 7.24. The van der Waals surface area contributed by atoms with Crippen LogP contribution in [-0.2, 0) is 4.74 Å². The maximum absolute atomic E-state index is 6.18. The molecule has 3 aromatic heterocycles. The number of morpholine rings is 1. The van der Waals surface area contributed by atoms with Crippen LogP contribution in [0.25, 0.3) is 16.9 Å². The number of nitrogens with zero attached hydrogens (tertiary/aromatic N) is 5. The van der Waals surface area contributed by atoms with Gasteiger partial charge in [-0.05, 0) is 12.1 Å². The van der Waals surface area contributed by atoms with Crippen molar-refractivity contribution in [2.45, 2.75) is 0 Å². The molecule has 0 N–H and O–H groups in total. The van der Waals surface area contributed by atoms with Crippen molar-refractivity contribution in [3.8, 4) is 11.3 Å². The topological polar surface area (TPSA) is 55.6 Å². The average Bonchev–Trinajstić information content (AvgIpc) is 2.99. The van der Waals surface area contributed by atoms with E-state index in [2.05, 4.69) is 20.0 Å². The first-order chi connectivity index (χ1) is 10.8. The second-order valence-electron chi connectivity index (χ2n) is 5.08. The van der Waals surface area contributed by atoms with Crippen molar-refractivity contribution in [3.63, 3.8) is 0 Å². The number of hydrogen-bond donors (Lipinski definition) is 0. The molecule has 4 heterocycles. The summed E-state index contributed by atoms with van der Waals surface area (Å²) in [5.41, 5.74) is 2.52. The summed E-state index contributed by atoms with van der Waals surface area (Å²) in [6, 6.07) is 7.64. The van der Waals surface area contributed by atoms with Crippen LogP contribution in [0.2, 0.25) is 5.15 Å². The fourth-order valence-electron chi connectivity index (χ4n) is 2.60. The van der Waals surface area contributed by atoms with Crippen LogP contribution in [0.15, 0.2) is 36.7 Å². The lowest BCUT2D eigenvalue weighted by atomic mass is 10.2. The van der Waals surface area contributed by atoms with Gasteiger partial charge in [-0.1, -0.05) is 11.6 Å². The van der Waals surface area contributed by atoms with E-state index in [9.17, 15) is 0 Å². The fraction of sp³-hybridized carbons (Fsp3) is 0.267. The second-order valence-corrected chi connectivity index (χ2v) is 5.47. The molecule has 7 heteroatoms. The molecule has 112 valence electrons. The van der Waals surface area contributed by atoms with E-state index in [0.29, 0.717) is 18.4 Å². The number of hydrogen-bond acceptors (Lipinski definition) is 5. The summed E-state index contributed by atoms with van der Waals surface area (Å²) in [4.78, 5) is 10.7. The van der Waals surface area contributed by atoms with E-state index >= 15 is 0 Å². The van der Waals surface area contributed by atoms with Gasteiger partial charge in [0.05, 0.1) is 18.9 Å². The molecule has 4 rings (SSSR count). The van der Waals surface area contributed by atoms with Crippen LogP contribution in [0.1, 0.15) is 0 Å². The van der Waals surface area contributed by atoms with Crippen LogP contribution in [0.3, 0.4) is 0 Å². The lowest BCUT2D eigenvalue weighted by Gasteiger charge is -2.28. The first-order valence-electron chi connectivity index (χ1n) is 7.11. The quantitative estimate of drug-likeness (QED) is 0.679. The molecule has 0 spiro atoms. The third-order valence-corrected chi connectivity index (χ3v) is 3.86. The highest BCUT2D eigenvalue weighted by atomic mass is 35.5. The van der Waals surface area contributed by atoms with E-state index in [4.69, 9.17) is 16.3 Å². The van der Waals surface area contributed by atoms with Gasteiger partial charge in [0.15, 0.2) is 5.65 Å². The summed E-state index contributed by atoms with van der Waals surface area (Å²) in [5, 5.41) is 5.14. The van der Waals surface area contributed by atoms with Crippen molar-refractivity contribution < 1.29 is 4.74 Å². The Morgan fingerprint density at radius 3 is 2.82 bits per heavy atom. The van der Waals surface area contributed by atoms with Gasteiger partial charge in [0.25, 0.3) is 0 Å². The van der Waals surface area contributed by atoms with Crippen molar-refractivity contribution in [2.24, 2.45) is 0 Å². The number of rotatable bonds is 2. The molecule has 0 unspecified atom stereocenters. The number of ether oxygens (including phenoxy) is 1. The Kier molecular flexibility index (Phi) is 3.40. The summed E-state index contributed by atoms with van der Waals surface area (Å²) in [6.45, 7) is 3.05. The molecule has 0 atom stereocenters. The standard InChI is InChI=1S/C15H14ClN5O/c16-13-9-15(20-4-6-22-7-5-20)21-14(18-13)8-12(19-21)11-2-1-3-17-10-11/h1-3,8-10H,4-7H2. The van der Waals surface area contributed by atoms with E-state index in [1.54, 1.807) is 12.4 Å². The van der Waals surface area contributed by atoms with Crippen LogP contribution in [-0.4, -0.2) is 45.9 Å². The number of aromatic nitrogens is 4. The normalized spacial score (nSPS) is 15.4. The number of halogens is 1. The summed E-state index contributed by atoms with van der Waals surface area (Å²) in [7, 11) is 0. The molecule has 0 aromatic carbocycles. The molecule has 6 nitrogen and oxygen atoms in total. The Bertz CT molecular complexity index is 798. The maximum atomic E-state index is 6.18. The van der Waals surface area contributed by atoms with Crippen LogP contribution in [0.4, 0.5) is 5.82 Å². The predicted molar refractivity (Wildman–Crippen MR) is 84.3 cm³/mol. The Hall–Kier alpha value is -2.18. The minimum absolute atomic E-state index is 0.464. The van der Waals surface area contributed by atoms with Crippen molar-refractivity contribution in [3.05, 3.63) is 41.8 Å². The van der Waals surface area contributed by atoms with E-state index < -0.39 is 0 Å². The van der Waals surface area contributed by atoms with Gasteiger partial charge in [0.1, 0.15) is 11.0 Å². The molecular weight excluding hydrogens is 302 g/mol. The van der Waals surface area contributed by atoms with Gasteiger partial charge < -0.3 is 9.64 Å². The lowest BCUT2D eigenvalue weighted by Crippen LogP contribution is -2.37. The first kappa shape index (κ1) is 13.5. The maximum Gasteiger partial charge on any atom is 0.159 e. The van der Waals surface area contributed by atoms with Gasteiger partial charge in [-0.15, -0.1) is 0 Å². The second kappa shape index (κ2) is 5.55. The zero-order chi connectivity index (χ0) is 14.9. The molecule has 0 aliphatic carbocycles. The van der Waals surface area contributed by atoms with Crippen LogP contribution < -0.4 is 4.90 Å². The largest absolute Gasteiger partial charge is 0.378 e. The number of pyridine rings is 1. The highest BCUT2D eigenvalue weighted by Gasteiger charge is 2.17. The van der Waals surface area contributed by atoms with E-state index in [0.717, 1.165) is 35.8 Å². The minimum atomic E-state index is 0.464. The van der Waals surface area contributed by atoms with Gasteiger partial charge in [-0.25, -0.2) is 4.98 Å². The molecule has 1 saturated heterocycles. The number of fused-ring (bicyclic) bond motifs is 1. The average molecular weight is 316 g/mol. The van der Waals surface area contributed by atoms with Gasteiger partial charge in [0, 0.05) is 43.2 Å². The highest BCUT2D eigenvalue weighted by molar-refractivity contribution is 6.29. The van der Waals surface area contributed by atoms with Gasteiger partial charge in [-0.3, -0.25) is 4.98 Å². The molecule has 1 aliphatic rings.